The number of aromatic nitrogens is 1. The van der Waals surface area contributed by atoms with Crippen LogP contribution in [0.5, 0.6) is 0 Å². The molecule has 3 heterocycles. The lowest BCUT2D eigenvalue weighted by molar-refractivity contribution is -0.383. The highest BCUT2D eigenvalue weighted by atomic mass is 16.9. The Bertz CT molecular complexity index is 1210. The molecule has 2 aliphatic rings. The SMILES string of the molecule is CC1OC(C(Cc2ccccc2)NC(=O)N2CCN(C(=O)c3ccc(N(C)c4ccncc4)cc3)CC2)O1. The molecule has 1 atom stereocenters. The van der Waals surface area contributed by atoms with Gasteiger partial charge in [0.25, 0.3) is 5.91 Å². The van der Waals surface area contributed by atoms with Crippen molar-refractivity contribution in [2.45, 2.75) is 32.0 Å². The Hall–Kier alpha value is -3.95. The van der Waals surface area contributed by atoms with Gasteiger partial charge in [0.1, 0.15) is 0 Å². The third-order valence-electron chi connectivity index (χ3n) is 6.99. The van der Waals surface area contributed by atoms with Crippen molar-refractivity contribution >= 4 is 23.3 Å². The number of rotatable bonds is 7. The Kier molecular flexibility index (Phi) is 7.86. The fourth-order valence-corrected chi connectivity index (χ4v) is 4.75. The fourth-order valence-electron chi connectivity index (χ4n) is 4.75. The third kappa shape index (κ3) is 5.95. The first-order chi connectivity index (χ1) is 18.5. The van der Waals surface area contributed by atoms with Crippen LogP contribution in [0.4, 0.5) is 16.2 Å². The lowest BCUT2D eigenvalue weighted by atomic mass is 10.0. The minimum atomic E-state index is -0.474. The molecule has 2 saturated heterocycles. The maximum absolute atomic E-state index is 13.1. The molecule has 0 spiro atoms. The second kappa shape index (κ2) is 11.6. The molecule has 2 aliphatic heterocycles. The lowest BCUT2D eigenvalue weighted by Crippen LogP contribution is -2.59. The molecule has 0 radical (unpaired) electrons. The number of nitrogens with one attached hydrogen (secondary N) is 1. The first kappa shape index (κ1) is 25.7. The maximum atomic E-state index is 13.1. The van der Waals surface area contributed by atoms with Crippen molar-refractivity contribution in [2.75, 3.05) is 38.1 Å². The molecule has 5 rings (SSSR count). The van der Waals surface area contributed by atoms with Gasteiger partial charge in [0.2, 0.25) is 0 Å². The number of amides is 3. The quantitative estimate of drug-likeness (QED) is 0.517. The summed E-state index contributed by atoms with van der Waals surface area (Å²) in [6.45, 7) is 3.70. The van der Waals surface area contributed by atoms with Gasteiger partial charge in [-0.25, -0.2) is 4.79 Å². The van der Waals surface area contributed by atoms with Gasteiger partial charge in [0.05, 0.1) is 6.04 Å². The fraction of sp³-hybridized carbons (Fsp3) is 0.345. The number of hydrogen-bond donors (Lipinski definition) is 1. The average Bonchev–Trinajstić information content (AvgIpc) is 2.95. The number of ether oxygens (including phenoxy) is 2. The number of carbonyl (C=O) groups excluding carboxylic acids is 2. The molecule has 3 amide bonds. The van der Waals surface area contributed by atoms with Gasteiger partial charge in [-0.3, -0.25) is 9.78 Å². The van der Waals surface area contributed by atoms with E-state index in [1.807, 2.05) is 85.6 Å². The summed E-state index contributed by atoms with van der Waals surface area (Å²) < 4.78 is 11.4. The Morgan fingerprint density at radius 1 is 0.921 bits per heavy atom. The molecule has 2 fully saturated rings. The highest BCUT2D eigenvalue weighted by Gasteiger charge is 2.37. The second-order valence-corrected chi connectivity index (χ2v) is 9.54. The molecule has 1 unspecified atom stereocenters. The van der Waals surface area contributed by atoms with E-state index >= 15 is 0 Å². The normalized spacial score (nSPS) is 19.8. The first-order valence-electron chi connectivity index (χ1n) is 12.9. The number of hydrogen-bond acceptors (Lipinski definition) is 6. The van der Waals surface area contributed by atoms with Crippen LogP contribution in [-0.4, -0.2) is 78.6 Å². The number of carbonyl (C=O) groups is 2. The van der Waals surface area contributed by atoms with E-state index in [0.29, 0.717) is 38.2 Å². The summed E-state index contributed by atoms with van der Waals surface area (Å²) in [5, 5.41) is 3.09. The predicted octanol–water partition coefficient (Wildman–Crippen LogP) is 3.65. The first-order valence-corrected chi connectivity index (χ1v) is 12.9. The van der Waals surface area contributed by atoms with E-state index in [2.05, 4.69) is 10.3 Å². The van der Waals surface area contributed by atoms with E-state index in [1.54, 1.807) is 22.2 Å². The van der Waals surface area contributed by atoms with Crippen molar-refractivity contribution < 1.29 is 19.1 Å². The number of benzene rings is 2. The van der Waals surface area contributed by atoms with Crippen molar-refractivity contribution in [1.82, 2.24) is 20.1 Å². The number of anilines is 2. The summed E-state index contributed by atoms with van der Waals surface area (Å²) in [7, 11) is 1.98. The van der Waals surface area contributed by atoms with Crippen molar-refractivity contribution in [1.29, 1.82) is 0 Å². The summed E-state index contributed by atoms with van der Waals surface area (Å²) >= 11 is 0. The van der Waals surface area contributed by atoms with Gasteiger partial charge in [0.15, 0.2) is 12.6 Å². The topological polar surface area (TPSA) is 87.2 Å². The minimum Gasteiger partial charge on any atom is -0.345 e. The van der Waals surface area contributed by atoms with E-state index < -0.39 is 6.29 Å². The molecule has 198 valence electrons. The Morgan fingerprint density at radius 3 is 2.16 bits per heavy atom. The van der Waals surface area contributed by atoms with Crippen LogP contribution in [0.1, 0.15) is 22.8 Å². The molecule has 1 N–H and O–H groups in total. The Morgan fingerprint density at radius 2 is 1.53 bits per heavy atom. The van der Waals surface area contributed by atoms with Crippen LogP contribution >= 0.6 is 0 Å². The van der Waals surface area contributed by atoms with Gasteiger partial charge < -0.3 is 29.5 Å². The summed E-state index contributed by atoms with van der Waals surface area (Å²) in [5.74, 6) is -0.0321. The van der Waals surface area contributed by atoms with E-state index in [1.165, 1.54) is 0 Å². The Balaban J connectivity index is 1.14. The molecule has 9 nitrogen and oxygen atoms in total. The second-order valence-electron chi connectivity index (χ2n) is 9.54. The molecular weight excluding hydrogens is 482 g/mol. The van der Waals surface area contributed by atoms with Crippen LogP contribution in [0.2, 0.25) is 0 Å². The van der Waals surface area contributed by atoms with Crippen LogP contribution in [0.25, 0.3) is 0 Å². The van der Waals surface area contributed by atoms with Crippen molar-refractivity contribution in [3.05, 3.63) is 90.3 Å². The van der Waals surface area contributed by atoms with Gasteiger partial charge in [-0.15, -0.1) is 0 Å². The van der Waals surface area contributed by atoms with Gasteiger partial charge in [-0.05, 0) is 55.3 Å². The van der Waals surface area contributed by atoms with Crippen LogP contribution in [0, 0.1) is 0 Å². The summed E-state index contributed by atoms with van der Waals surface area (Å²) in [6, 6.07) is 20.9. The van der Waals surface area contributed by atoms with Crippen LogP contribution in [0.3, 0.4) is 0 Å². The van der Waals surface area contributed by atoms with Gasteiger partial charge >= 0.3 is 6.03 Å². The van der Waals surface area contributed by atoms with Crippen LogP contribution < -0.4 is 10.2 Å². The van der Waals surface area contributed by atoms with Crippen molar-refractivity contribution in [3.8, 4) is 0 Å². The highest BCUT2D eigenvalue weighted by molar-refractivity contribution is 5.95. The molecule has 38 heavy (non-hydrogen) atoms. The predicted molar refractivity (Wildman–Crippen MR) is 144 cm³/mol. The van der Waals surface area contributed by atoms with Crippen LogP contribution in [0.15, 0.2) is 79.1 Å². The number of piperazine rings is 1. The largest absolute Gasteiger partial charge is 0.345 e. The van der Waals surface area contributed by atoms with E-state index in [-0.39, 0.29) is 24.3 Å². The number of urea groups is 1. The van der Waals surface area contributed by atoms with Gasteiger partial charge in [0, 0.05) is 62.6 Å². The van der Waals surface area contributed by atoms with Crippen molar-refractivity contribution in [3.63, 3.8) is 0 Å². The zero-order chi connectivity index (χ0) is 26.5. The van der Waals surface area contributed by atoms with Gasteiger partial charge in [-0.2, -0.15) is 0 Å². The zero-order valence-corrected chi connectivity index (χ0v) is 21.7. The molecule has 3 aromatic rings. The monoisotopic (exact) mass is 515 g/mol. The summed E-state index contributed by atoms with van der Waals surface area (Å²) in [4.78, 5) is 35.9. The van der Waals surface area contributed by atoms with Crippen molar-refractivity contribution in [2.24, 2.45) is 0 Å². The highest BCUT2D eigenvalue weighted by Crippen LogP contribution is 2.24. The Labute approximate surface area is 223 Å². The summed E-state index contributed by atoms with van der Waals surface area (Å²) in [5.41, 5.74) is 3.72. The zero-order valence-electron chi connectivity index (χ0n) is 21.7. The third-order valence-corrected chi connectivity index (χ3v) is 6.99. The molecule has 0 aliphatic carbocycles. The van der Waals surface area contributed by atoms with Gasteiger partial charge in [-0.1, -0.05) is 30.3 Å². The smallest absolute Gasteiger partial charge is 0.317 e. The van der Waals surface area contributed by atoms with Crippen LogP contribution in [-0.2, 0) is 15.9 Å². The molecule has 0 bridgehead atoms. The number of pyridine rings is 1. The average molecular weight is 516 g/mol. The molecular formula is C29H33N5O4. The molecule has 9 heteroatoms. The standard InChI is InChI=1S/C29H33N5O4/c1-21-37-28(38-21)26(20-22-6-4-3-5-7-22)31-29(36)34-18-16-33(17-19-34)27(35)23-8-10-24(11-9-23)32(2)25-12-14-30-15-13-25/h3-15,21,26,28H,16-20H2,1-2H3,(H,31,36). The maximum Gasteiger partial charge on any atom is 0.317 e. The lowest BCUT2D eigenvalue weighted by Gasteiger charge is -2.41. The molecule has 0 saturated carbocycles. The minimum absolute atomic E-state index is 0.0321. The van der Waals surface area contributed by atoms with E-state index in [9.17, 15) is 9.59 Å². The van der Waals surface area contributed by atoms with E-state index in [4.69, 9.17) is 9.47 Å². The molecule has 2 aromatic carbocycles. The summed E-state index contributed by atoms with van der Waals surface area (Å²) in [6.07, 6.45) is 3.37. The number of nitrogens with zero attached hydrogens (tertiary/aromatic N) is 4. The molecule has 1 aromatic heterocycles. The van der Waals surface area contributed by atoms with E-state index in [0.717, 1.165) is 16.9 Å².